The number of benzene rings is 4. The number of rotatable bonds is 8. The molecule has 8 heteroatoms. The van der Waals surface area contributed by atoms with Crippen LogP contribution in [-0.2, 0) is 28.2 Å². The van der Waals surface area contributed by atoms with Crippen LogP contribution in [0, 0.1) is 0 Å². The van der Waals surface area contributed by atoms with Crippen molar-refractivity contribution in [2.24, 2.45) is 10.7 Å². The normalized spacial score (nSPS) is 14.6. The minimum atomic E-state index is -0.843. The lowest BCUT2D eigenvalue weighted by Crippen LogP contribution is -2.39. The second-order valence-corrected chi connectivity index (χ2v) is 11.0. The Balaban J connectivity index is 1.42. The Morgan fingerprint density at radius 3 is 2.12 bits per heavy atom. The second-order valence-electron chi connectivity index (χ2n) is 11.0. The summed E-state index contributed by atoms with van der Waals surface area (Å²) in [5.74, 6) is -0.378. The molecule has 0 bridgehead atoms. The average Bonchev–Trinajstić information content (AvgIpc) is 3.43. The smallest absolute Gasteiger partial charge is 0.255 e. The molecule has 8 nitrogen and oxygen atoms in total. The minimum Gasteiger partial charge on any atom is -0.369 e. The van der Waals surface area contributed by atoms with Crippen LogP contribution in [0.2, 0.25) is 0 Å². The number of hydrogen-bond acceptors (Lipinski definition) is 4. The number of hydrogen-bond donors (Lipinski definition) is 1. The van der Waals surface area contributed by atoms with Gasteiger partial charge >= 0.3 is 0 Å². The maximum atomic E-state index is 13.8. The first-order valence-corrected chi connectivity index (χ1v) is 14.1. The molecule has 0 aliphatic carbocycles. The number of fused-ring (bicyclic) bond motifs is 1. The Hall–Kier alpha value is -5.24. The molecule has 0 spiro atoms. The number of nitrogens with zero attached hydrogens (tertiary/aromatic N) is 4. The molecule has 218 valence electrons. The predicted octanol–water partition coefficient (Wildman–Crippen LogP) is 4.71. The van der Waals surface area contributed by atoms with E-state index in [4.69, 9.17) is 10.7 Å². The highest BCUT2D eigenvalue weighted by Crippen LogP contribution is 2.36. The van der Waals surface area contributed by atoms with Gasteiger partial charge in [0, 0.05) is 26.2 Å². The van der Waals surface area contributed by atoms with E-state index in [2.05, 4.69) is 0 Å². The van der Waals surface area contributed by atoms with Crippen molar-refractivity contribution >= 4 is 24.2 Å². The maximum Gasteiger partial charge on any atom is 0.255 e. The van der Waals surface area contributed by atoms with Crippen LogP contribution in [0.25, 0.3) is 0 Å². The van der Waals surface area contributed by atoms with Gasteiger partial charge in [0.15, 0.2) is 5.96 Å². The van der Waals surface area contributed by atoms with Crippen molar-refractivity contribution in [3.05, 3.63) is 143 Å². The Kier molecular flexibility index (Phi) is 8.39. The van der Waals surface area contributed by atoms with Gasteiger partial charge in [-0.2, -0.15) is 0 Å². The minimum absolute atomic E-state index is 0.0496. The molecular formula is C35H35N5O3. The van der Waals surface area contributed by atoms with Gasteiger partial charge in [0.05, 0.1) is 6.54 Å². The third kappa shape index (κ3) is 5.90. The number of nitrogens with two attached hydrogens (primary N) is 1. The van der Waals surface area contributed by atoms with Gasteiger partial charge in [-0.15, -0.1) is 0 Å². The molecule has 0 aromatic heterocycles. The van der Waals surface area contributed by atoms with E-state index in [1.807, 2.05) is 97.9 Å². The highest BCUT2D eigenvalue weighted by atomic mass is 16.2. The van der Waals surface area contributed by atoms with Gasteiger partial charge < -0.3 is 15.5 Å². The van der Waals surface area contributed by atoms with E-state index >= 15 is 0 Å². The summed E-state index contributed by atoms with van der Waals surface area (Å²) in [5.41, 5.74) is 10.4. The molecule has 1 unspecified atom stereocenters. The molecule has 1 aliphatic heterocycles. The lowest BCUT2D eigenvalue weighted by Gasteiger charge is -2.29. The Morgan fingerprint density at radius 1 is 0.907 bits per heavy atom. The molecule has 3 amide bonds. The molecule has 1 aliphatic rings. The van der Waals surface area contributed by atoms with Gasteiger partial charge in [-0.05, 0) is 46.9 Å². The van der Waals surface area contributed by atoms with Crippen LogP contribution >= 0.6 is 0 Å². The fourth-order valence-electron chi connectivity index (χ4n) is 5.54. The van der Waals surface area contributed by atoms with E-state index in [1.54, 1.807) is 37.2 Å². The first-order chi connectivity index (χ1) is 20.7. The van der Waals surface area contributed by atoms with E-state index in [0.29, 0.717) is 24.1 Å². The Morgan fingerprint density at radius 2 is 1.51 bits per heavy atom. The quantitative estimate of drug-likeness (QED) is 0.188. The van der Waals surface area contributed by atoms with Crippen LogP contribution in [0.3, 0.4) is 0 Å². The summed E-state index contributed by atoms with van der Waals surface area (Å²) in [6.45, 7) is 2.41. The number of amides is 3. The maximum absolute atomic E-state index is 13.8. The van der Waals surface area contributed by atoms with Crippen molar-refractivity contribution in [1.82, 2.24) is 14.7 Å². The highest BCUT2D eigenvalue weighted by Gasteiger charge is 2.39. The number of likely N-dealkylation sites (N-methyl/N-ethyl adjacent to an activating group) is 1. The first kappa shape index (κ1) is 29.3. The van der Waals surface area contributed by atoms with Gasteiger partial charge in [-0.3, -0.25) is 19.3 Å². The summed E-state index contributed by atoms with van der Waals surface area (Å²) in [6, 6.07) is 33.5. The van der Waals surface area contributed by atoms with Crippen molar-refractivity contribution in [2.75, 3.05) is 14.1 Å². The summed E-state index contributed by atoms with van der Waals surface area (Å²) in [5, 5.41) is 0. The molecule has 0 saturated carbocycles. The summed E-state index contributed by atoms with van der Waals surface area (Å²) >= 11 is 0. The van der Waals surface area contributed by atoms with Crippen LogP contribution in [0.5, 0.6) is 0 Å². The van der Waals surface area contributed by atoms with Gasteiger partial charge in [0.2, 0.25) is 12.3 Å². The molecule has 4 aromatic rings. The predicted molar refractivity (Wildman–Crippen MR) is 167 cm³/mol. The van der Waals surface area contributed by atoms with Crippen molar-refractivity contribution < 1.29 is 14.4 Å². The summed E-state index contributed by atoms with van der Waals surface area (Å²) in [4.78, 5) is 48.6. The molecule has 4 aromatic carbocycles. The topological polar surface area (TPSA) is 99.3 Å². The van der Waals surface area contributed by atoms with Crippen LogP contribution in [-0.4, -0.2) is 53.0 Å². The summed E-state index contributed by atoms with van der Waals surface area (Å²) < 4.78 is 0. The van der Waals surface area contributed by atoms with Crippen LogP contribution in [0.4, 0.5) is 0 Å². The average molecular weight is 574 g/mol. The van der Waals surface area contributed by atoms with Gasteiger partial charge in [0.25, 0.3) is 5.91 Å². The van der Waals surface area contributed by atoms with Gasteiger partial charge in [-0.1, -0.05) is 97.1 Å². The fraction of sp³-hybridized carbons (Fsp3) is 0.200. The molecule has 1 atom stereocenters. The zero-order chi connectivity index (χ0) is 30.6. The van der Waals surface area contributed by atoms with Crippen molar-refractivity contribution in [1.29, 1.82) is 0 Å². The zero-order valence-electron chi connectivity index (χ0n) is 24.6. The Labute approximate surface area is 252 Å². The summed E-state index contributed by atoms with van der Waals surface area (Å²) in [6.07, 6.45) is 0.645. The molecule has 1 heterocycles. The SMILES string of the molecule is CN(C)C(=O)C1c2ccccc2CN1C(=O)c1cccc(CN(C=O)C(N)=NC(C)(c2ccccc2)c2ccccc2)c1. The largest absolute Gasteiger partial charge is 0.369 e. The monoisotopic (exact) mass is 573 g/mol. The van der Waals surface area contributed by atoms with E-state index in [1.165, 1.54) is 9.80 Å². The lowest BCUT2D eigenvalue weighted by atomic mass is 9.85. The van der Waals surface area contributed by atoms with E-state index in [9.17, 15) is 14.4 Å². The number of carbonyl (C=O) groups excluding carboxylic acids is 3. The van der Waals surface area contributed by atoms with Gasteiger partial charge in [0.1, 0.15) is 11.6 Å². The third-order valence-electron chi connectivity index (χ3n) is 7.90. The molecule has 0 saturated heterocycles. The van der Waals surface area contributed by atoms with E-state index in [-0.39, 0.29) is 24.3 Å². The molecular weight excluding hydrogens is 538 g/mol. The lowest BCUT2D eigenvalue weighted by molar-refractivity contribution is -0.133. The van der Waals surface area contributed by atoms with E-state index < -0.39 is 11.6 Å². The van der Waals surface area contributed by atoms with Crippen LogP contribution in [0.15, 0.2) is 114 Å². The van der Waals surface area contributed by atoms with Crippen molar-refractivity contribution in [3.8, 4) is 0 Å². The van der Waals surface area contributed by atoms with Gasteiger partial charge in [-0.25, -0.2) is 4.99 Å². The standard InChI is InChI=1S/C35H35N5O3/c1-35(28-16-6-4-7-17-28,29-18-8-5-9-19-29)37-34(36)39(24-41)22-25-13-12-15-26(21-25)32(42)40-23-27-14-10-11-20-30(27)31(40)33(43)38(2)3/h4-21,24,31H,22-23H2,1-3H3,(H2,36,37). The first-order valence-electron chi connectivity index (χ1n) is 14.1. The summed E-state index contributed by atoms with van der Waals surface area (Å²) in [7, 11) is 3.38. The fourth-order valence-corrected chi connectivity index (χ4v) is 5.54. The molecule has 0 fully saturated rings. The highest BCUT2D eigenvalue weighted by molar-refractivity contribution is 5.99. The number of aliphatic imine (C=N–C) groups is 1. The van der Waals surface area contributed by atoms with Crippen LogP contribution in [0.1, 0.15) is 51.1 Å². The Bertz CT molecular complexity index is 1610. The molecule has 43 heavy (non-hydrogen) atoms. The van der Waals surface area contributed by atoms with E-state index in [0.717, 1.165) is 22.3 Å². The molecule has 5 rings (SSSR count). The number of guanidine groups is 1. The van der Waals surface area contributed by atoms with Crippen molar-refractivity contribution in [2.45, 2.75) is 31.6 Å². The molecule has 2 N–H and O–H groups in total. The molecule has 0 radical (unpaired) electrons. The van der Waals surface area contributed by atoms with Crippen molar-refractivity contribution in [3.63, 3.8) is 0 Å². The second kappa shape index (κ2) is 12.3. The zero-order valence-corrected chi connectivity index (χ0v) is 24.6. The van der Waals surface area contributed by atoms with Crippen LogP contribution < -0.4 is 5.73 Å². The third-order valence-corrected chi connectivity index (χ3v) is 7.90. The number of carbonyl (C=O) groups is 3.